The van der Waals surface area contributed by atoms with E-state index in [2.05, 4.69) is 5.32 Å². The SMILES string of the molecule is CCN(CC(=O)N[C@@H]1CCS(=O)(=O)C1)C(=O)c1ccc(C#N)cc1. The molecule has 1 heterocycles. The van der Waals surface area contributed by atoms with Crippen molar-refractivity contribution in [2.75, 3.05) is 24.6 Å². The Bertz CT molecular complexity index is 766. The van der Waals surface area contributed by atoms with Crippen molar-refractivity contribution in [3.05, 3.63) is 35.4 Å². The van der Waals surface area contributed by atoms with Gasteiger partial charge in [-0.05, 0) is 37.6 Å². The zero-order chi connectivity index (χ0) is 17.7. The second kappa shape index (κ2) is 7.45. The van der Waals surface area contributed by atoms with Crippen molar-refractivity contribution < 1.29 is 18.0 Å². The van der Waals surface area contributed by atoms with Crippen molar-refractivity contribution in [2.24, 2.45) is 0 Å². The molecule has 0 aromatic heterocycles. The van der Waals surface area contributed by atoms with Crippen molar-refractivity contribution in [1.29, 1.82) is 5.26 Å². The molecule has 1 aromatic carbocycles. The highest BCUT2D eigenvalue weighted by molar-refractivity contribution is 7.91. The highest BCUT2D eigenvalue weighted by atomic mass is 32.2. The summed E-state index contributed by atoms with van der Waals surface area (Å²) in [7, 11) is -3.06. The van der Waals surface area contributed by atoms with Crippen LogP contribution in [0.25, 0.3) is 0 Å². The molecule has 2 amide bonds. The molecule has 1 aliphatic heterocycles. The molecule has 1 atom stereocenters. The second-order valence-electron chi connectivity index (χ2n) is 5.68. The van der Waals surface area contributed by atoms with Crippen LogP contribution in [0, 0.1) is 11.3 Å². The van der Waals surface area contributed by atoms with E-state index in [1.165, 1.54) is 4.90 Å². The summed E-state index contributed by atoms with van der Waals surface area (Å²) in [6.07, 6.45) is 0.407. The van der Waals surface area contributed by atoms with Crippen molar-refractivity contribution >= 4 is 21.7 Å². The van der Waals surface area contributed by atoms with Crippen molar-refractivity contribution in [1.82, 2.24) is 10.2 Å². The van der Waals surface area contributed by atoms with Crippen LogP contribution in [0.3, 0.4) is 0 Å². The Labute approximate surface area is 141 Å². The van der Waals surface area contributed by atoms with E-state index in [1.807, 2.05) is 6.07 Å². The van der Waals surface area contributed by atoms with E-state index < -0.39 is 9.84 Å². The van der Waals surface area contributed by atoms with Gasteiger partial charge in [0.05, 0.1) is 29.7 Å². The molecule has 128 valence electrons. The monoisotopic (exact) mass is 349 g/mol. The van der Waals surface area contributed by atoms with Gasteiger partial charge in [-0.3, -0.25) is 9.59 Å². The number of nitrogens with zero attached hydrogens (tertiary/aromatic N) is 2. The number of sulfone groups is 1. The molecule has 24 heavy (non-hydrogen) atoms. The predicted octanol–water partition coefficient (Wildman–Crippen LogP) is 0.324. The Kier molecular flexibility index (Phi) is 5.57. The molecule has 0 spiro atoms. The zero-order valence-corrected chi connectivity index (χ0v) is 14.2. The summed E-state index contributed by atoms with van der Waals surface area (Å²) in [6.45, 7) is 1.97. The minimum absolute atomic E-state index is 0.0472. The number of nitrogens with one attached hydrogen (secondary N) is 1. The molecule has 1 fully saturated rings. The maximum absolute atomic E-state index is 12.4. The Hall–Kier alpha value is -2.40. The first-order valence-electron chi connectivity index (χ1n) is 7.64. The number of hydrogen-bond acceptors (Lipinski definition) is 5. The van der Waals surface area contributed by atoms with E-state index in [-0.39, 0.29) is 35.9 Å². The number of nitriles is 1. The molecule has 1 saturated heterocycles. The van der Waals surface area contributed by atoms with E-state index in [0.717, 1.165) is 0 Å². The van der Waals surface area contributed by atoms with Crippen LogP contribution in [0.1, 0.15) is 29.3 Å². The van der Waals surface area contributed by atoms with Gasteiger partial charge in [0.1, 0.15) is 0 Å². The molecule has 0 bridgehead atoms. The molecule has 0 aliphatic carbocycles. The Morgan fingerprint density at radius 3 is 2.50 bits per heavy atom. The maximum atomic E-state index is 12.4. The normalized spacial score (nSPS) is 18.6. The lowest BCUT2D eigenvalue weighted by Gasteiger charge is -2.21. The van der Waals surface area contributed by atoms with Gasteiger partial charge < -0.3 is 10.2 Å². The zero-order valence-electron chi connectivity index (χ0n) is 13.4. The van der Waals surface area contributed by atoms with Crippen LogP contribution in [-0.2, 0) is 14.6 Å². The summed E-state index contributed by atoms with van der Waals surface area (Å²) in [5, 5.41) is 11.4. The first kappa shape index (κ1) is 17.9. The van der Waals surface area contributed by atoms with E-state index >= 15 is 0 Å². The standard InChI is InChI=1S/C16H19N3O4S/c1-2-19(16(21)13-5-3-12(9-17)4-6-13)10-15(20)18-14-7-8-24(22,23)11-14/h3-6,14H,2,7-8,10-11H2,1H3,(H,18,20)/t14-/m1/s1. The van der Waals surface area contributed by atoms with Gasteiger partial charge in [-0.25, -0.2) is 8.42 Å². The fourth-order valence-electron chi connectivity index (χ4n) is 2.55. The highest BCUT2D eigenvalue weighted by Crippen LogP contribution is 2.11. The molecule has 2 rings (SSSR count). The maximum Gasteiger partial charge on any atom is 0.254 e. The van der Waals surface area contributed by atoms with Gasteiger partial charge in [-0.1, -0.05) is 0 Å². The van der Waals surface area contributed by atoms with Crippen LogP contribution in [0.4, 0.5) is 0 Å². The molecule has 1 N–H and O–H groups in total. The number of hydrogen-bond donors (Lipinski definition) is 1. The van der Waals surface area contributed by atoms with Gasteiger partial charge in [0.2, 0.25) is 5.91 Å². The molecule has 1 aromatic rings. The van der Waals surface area contributed by atoms with Gasteiger partial charge in [0, 0.05) is 18.2 Å². The second-order valence-corrected chi connectivity index (χ2v) is 7.90. The molecule has 0 unspecified atom stereocenters. The quantitative estimate of drug-likeness (QED) is 0.824. The van der Waals surface area contributed by atoms with Crippen LogP contribution in [-0.4, -0.2) is 55.8 Å². The van der Waals surface area contributed by atoms with Gasteiger partial charge in [-0.15, -0.1) is 0 Å². The number of likely N-dealkylation sites (N-methyl/N-ethyl adjacent to an activating group) is 1. The average Bonchev–Trinajstić information content (AvgIpc) is 2.90. The summed E-state index contributed by atoms with van der Waals surface area (Å²) in [5.74, 6) is -0.647. The third kappa shape index (κ3) is 4.55. The molecule has 7 nitrogen and oxygen atoms in total. The molecule has 0 radical (unpaired) electrons. The number of rotatable bonds is 5. The number of carbonyl (C=O) groups is 2. The molecular formula is C16H19N3O4S. The predicted molar refractivity (Wildman–Crippen MR) is 87.9 cm³/mol. The smallest absolute Gasteiger partial charge is 0.254 e. The van der Waals surface area contributed by atoms with Crippen LogP contribution < -0.4 is 5.32 Å². The van der Waals surface area contributed by atoms with Crippen LogP contribution in [0.2, 0.25) is 0 Å². The fraction of sp³-hybridized carbons (Fsp3) is 0.438. The van der Waals surface area contributed by atoms with Gasteiger partial charge >= 0.3 is 0 Å². The Morgan fingerprint density at radius 1 is 1.33 bits per heavy atom. The summed E-state index contributed by atoms with van der Waals surface area (Å²) in [5.41, 5.74) is 0.849. The first-order chi connectivity index (χ1) is 11.3. The minimum Gasteiger partial charge on any atom is -0.351 e. The fourth-order valence-corrected chi connectivity index (χ4v) is 4.23. The van der Waals surface area contributed by atoms with E-state index in [0.29, 0.717) is 24.1 Å². The number of benzene rings is 1. The number of carbonyl (C=O) groups excluding carboxylic acids is 2. The van der Waals surface area contributed by atoms with Crippen molar-refractivity contribution in [2.45, 2.75) is 19.4 Å². The summed E-state index contributed by atoms with van der Waals surface area (Å²) < 4.78 is 22.8. The lowest BCUT2D eigenvalue weighted by atomic mass is 10.1. The largest absolute Gasteiger partial charge is 0.351 e. The lowest BCUT2D eigenvalue weighted by Crippen LogP contribution is -2.44. The topological polar surface area (TPSA) is 107 Å². The van der Waals surface area contributed by atoms with E-state index in [9.17, 15) is 18.0 Å². The van der Waals surface area contributed by atoms with Crippen LogP contribution in [0.15, 0.2) is 24.3 Å². The first-order valence-corrected chi connectivity index (χ1v) is 9.46. The van der Waals surface area contributed by atoms with Gasteiger partial charge in [-0.2, -0.15) is 5.26 Å². The van der Waals surface area contributed by atoms with E-state index in [4.69, 9.17) is 5.26 Å². The van der Waals surface area contributed by atoms with E-state index in [1.54, 1.807) is 31.2 Å². The molecule has 1 aliphatic rings. The molecule has 0 saturated carbocycles. The van der Waals surface area contributed by atoms with Gasteiger partial charge in [0.25, 0.3) is 5.91 Å². The van der Waals surface area contributed by atoms with Crippen LogP contribution in [0.5, 0.6) is 0 Å². The number of amides is 2. The van der Waals surface area contributed by atoms with Crippen molar-refractivity contribution in [3.63, 3.8) is 0 Å². The Balaban J connectivity index is 1.96. The average molecular weight is 349 g/mol. The minimum atomic E-state index is -3.06. The summed E-state index contributed by atoms with van der Waals surface area (Å²) in [6, 6.07) is 7.78. The lowest BCUT2D eigenvalue weighted by molar-refractivity contribution is -0.122. The third-order valence-electron chi connectivity index (χ3n) is 3.86. The summed E-state index contributed by atoms with van der Waals surface area (Å²) >= 11 is 0. The van der Waals surface area contributed by atoms with Crippen molar-refractivity contribution in [3.8, 4) is 6.07 Å². The molecular weight excluding hydrogens is 330 g/mol. The third-order valence-corrected chi connectivity index (χ3v) is 5.63. The highest BCUT2D eigenvalue weighted by Gasteiger charge is 2.29. The van der Waals surface area contributed by atoms with Crippen LogP contribution >= 0.6 is 0 Å². The summed E-state index contributed by atoms with van der Waals surface area (Å²) in [4.78, 5) is 25.9. The van der Waals surface area contributed by atoms with Gasteiger partial charge in [0.15, 0.2) is 9.84 Å². The Morgan fingerprint density at radius 2 is 2.00 bits per heavy atom. The molecule has 8 heteroatoms.